The van der Waals surface area contributed by atoms with Gasteiger partial charge < -0.3 is 10.4 Å². The van der Waals surface area contributed by atoms with E-state index in [-0.39, 0.29) is 5.91 Å². The van der Waals surface area contributed by atoms with Crippen molar-refractivity contribution in [2.24, 2.45) is 11.8 Å². The van der Waals surface area contributed by atoms with E-state index in [1.54, 1.807) is 0 Å². The number of benzene rings is 1. The molecule has 0 saturated carbocycles. The number of aliphatic carboxylic acids is 1. The summed E-state index contributed by atoms with van der Waals surface area (Å²) in [5.41, 5.74) is 1.96. The van der Waals surface area contributed by atoms with Crippen LogP contribution < -0.4 is 5.32 Å². The van der Waals surface area contributed by atoms with Crippen molar-refractivity contribution >= 4 is 41.1 Å². The molecule has 1 saturated heterocycles. The van der Waals surface area contributed by atoms with Gasteiger partial charge in [-0.05, 0) is 48.5 Å². The molecule has 1 aliphatic carbocycles. The molecule has 0 spiro atoms. The molecular formula is C18H21NO3S2. The maximum Gasteiger partial charge on any atom is 0.307 e. The largest absolute Gasteiger partial charge is 0.481 e. The molecule has 1 aliphatic heterocycles. The third kappa shape index (κ3) is 4.16. The van der Waals surface area contributed by atoms with E-state index in [1.165, 1.54) is 23.5 Å². The second-order valence-electron chi connectivity index (χ2n) is 6.04. The summed E-state index contributed by atoms with van der Waals surface area (Å²) in [5, 5.41) is 12.2. The molecule has 1 amide bonds. The highest BCUT2D eigenvalue weighted by molar-refractivity contribution is 8.16. The molecule has 2 aliphatic rings. The van der Waals surface area contributed by atoms with Gasteiger partial charge in [0.2, 0.25) is 5.91 Å². The monoisotopic (exact) mass is 363 g/mol. The highest BCUT2D eigenvalue weighted by Crippen LogP contribution is 2.44. The number of thioether (sulfide) groups is 2. The van der Waals surface area contributed by atoms with E-state index in [0.717, 1.165) is 5.69 Å². The second-order valence-corrected chi connectivity index (χ2v) is 8.76. The molecule has 0 radical (unpaired) electrons. The van der Waals surface area contributed by atoms with E-state index in [9.17, 15) is 14.7 Å². The summed E-state index contributed by atoms with van der Waals surface area (Å²) in [4.78, 5) is 23.9. The van der Waals surface area contributed by atoms with Crippen molar-refractivity contribution in [1.29, 1.82) is 0 Å². The number of anilines is 1. The van der Waals surface area contributed by atoms with E-state index in [1.807, 2.05) is 53.9 Å². The van der Waals surface area contributed by atoms with Crippen molar-refractivity contribution in [3.8, 4) is 0 Å². The van der Waals surface area contributed by atoms with Gasteiger partial charge in [0.05, 0.1) is 16.4 Å². The molecule has 128 valence electrons. The van der Waals surface area contributed by atoms with Gasteiger partial charge in [0.25, 0.3) is 0 Å². The molecule has 2 N–H and O–H groups in total. The fraction of sp³-hybridized carbons (Fsp3) is 0.444. The number of rotatable bonds is 4. The van der Waals surface area contributed by atoms with Crippen LogP contribution in [0.2, 0.25) is 0 Å². The van der Waals surface area contributed by atoms with Crippen LogP contribution in [-0.2, 0) is 9.59 Å². The zero-order valence-corrected chi connectivity index (χ0v) is 14.9. The van der Waals surface area contributed by atoms with E-state index >= 15 is 0 Å². The Morgan fingerprint density at radius 2 is 1.79 bits per heavy atom. The number of hydrogen-bond acceptors (Lipinski definition) is 4. The maximum atomic E-state index is 12.6. The lowest BCUT2D eigenvalue weighted by Gasteiger charge is -2.25. The van der Waals surface area contributed by atoms with Gasteiger partial charge in [0.1, 0.15) is 0 Å². The second kappa shape index (κ2) is 8.12. The van der Waals surface area contributed by atoms with E-state index in [2.05, 4.69) is 11.4 Å². The molecule has 3 rings (SSSR count). The quantitative estimate of drug-likeness (QED) is 0.786. The summed E-state index contributed by atoms with van der Waals surface area (Å²) in [5.74, 6) is 0.0969. The third-order valence-electron chi connectivity index (χ3n) is 4.34. The van der Waals surface area contributed by atoms with E-state index < -0.39 is 17.8 Å². The Labute approximate surface area is 150 Å². The summed E-state index contributed by atoms with van der Waals surface area (Å²) in [6.45, 7) is 0. The lowest BCUT2D eigenvalue weighted by Crippen LogP contribution is -2.34. The Morgan fingerprint density at radius 3 is 2.50 bits per heavy atom. The maximum absolute atomic E-state index is 12.6. The number of carboxylic acid groups (broad SMARTS) is 1. The number of allylic oxidation sites excluding steroid dienone is 2. The topological polar surface area (TPSA) is 66.4 Å². The zero-order chi connectivity index (χ0) is 16.9. The van der Waals surface area contributed by atoms with Crippen LogP contribution in [0.5, 0.6) is 0 Å². The Hall–Kier alpha value is -1.40. The van der Waals surface area contributed by atoms with Crippen molar-refractivity contribution in [2.75, 3.05) is 16.8 Å². The van der Waals surface area contributed by atoms with Crippen molar-refractivity contribution < 1.29 is 14.7 Å². The number of hydrogen-bond donors (Lipinski definition) is 2. The predicted octanol–water partition coefficient (Wildman–Crippen LogP) is 4.16. The Balaban J connectivity index is 1.69. The molecular weight excluding hydrogens is 342 g/mol. The van der Waals surface area contributed by atoms with Gasteiger partial charge in [-0.2, -0.15) is 0 Å². The fourth-order valence-corrected chi connectivity index (χ4v) is 5.93. The highest BCUT2D eigenvalue weighted by Gasteiger charge is 2.34. The van der Waals surface area contributed by atoms with Crippen LogP contribution >= 0.6 is 23.5 Å². The molecule has 1 heterocycles. The van der Waals surface area contributed by atoms with E-state index in [0.29, 0.717) is 17.4 Å². The van der Waals surface area contributed by atoms with Crippen LogP contribution in [0.25, 0.3) is 0 Å². The molecule has 0 aromatic heterocycles. The average Bonchev–Trinajstić information content (AvgIpc) is 2.62. The van der Waals surface area contributed by atoms with Crippen LogP contribution in [0.3, 0.4) is 0 Å². The molecule has 1 fully saturated rings. The number of carboxylic acids is 1. The third-order valence-corrected chi connectivity index (χ3v) is 7.35. The minimum absolute atomic E-state index is 0.201. The first-order valence-corrected chi connectivity index (χ1v) is 10.3. The lowest BCUT2D eigenvalue weighted by atomic mass is 9.82. The Kier molecular flexibility index (Phi) is 5.89. The van der Waals surface area contributed by atoms with E-state index in [4.69, 9.17) is 0 Å². The number of amides is 1. The molecule has 24 heavy (non-hydrogen) atoms. The first kappa shape index (κ1) is 17.4. The molecule has 2 atom stereocenters. The lowest BCUT2D eigenvalue weighted by molar-refractivity contribution is -0.146. The smallest absolute Gasteiger partial charge is 0.307 e. The predicted molar refractivity (Wildman–Crippen MR) is 100 cm³/mol. The molecule has 1 aromatic rings. The molecule has 1 aromatic carbocycles. The summed E-state index contributed by atoms with van der Waals surface area (Å²) < 4.78 is 0.417. The summed E-state index contributed by atoms with van der Waals surface area (Å²) in [7, 11) is 0. The fourth-order valence-electron chi connectivity index (χ4n) is 3.06. The van der Waals surface area contributed by atoms with Crippen molar-refractivity contribution in [3.05, 3.63) is 42.0 Å². The Morgan fingerprint density at radius 1 is 1.08 bits per heavy atom. The first-order chi connectivity index (χ1) is 11.6. The molecule has 0 bridgehead atoms. The molecule has 0 unspecified atom stereocenters. The van der Waals surface area contributed by atoms with Gasteiger partial charge in [-0.3, -0.25) is 9.59 Å². The summed E-state index contributed by atoms with van der Waals surface area (Å²) in [6, 6.07) is 7.93. The standard InChI is InChI=1S/C18H21NO3S2/c20-16(14-7-1-2-8-15(14)17(21)22)19-13-6-3-5-12(11-13)18-23-9-4-10-24-18/h1-3,5-6,11,14-15,18H,4,7-10H2,(H,19,20)(H,21,22)/t14-,15-/m1/s1. The highest BCUT2D eigenvalue weighted by atomic mass is 32.2. The van der Waals surface area contributed by atoms with Gasteiger partial charge >= 0.3 is 5.97 Å². The molecule has 6 heteroatoms. The first-order valence-electron chi connectivity index (χ1n) is 8.17. The minimum atomic E-state index is -0.900. The van der Waals surface area contributed by atoms with Gasteiger partial charge in [0.15, 0.2) is 0 Å². The van der Waals surface area contributed by atoms with Crippen molar-refractivity contribution in [2.45, 2.75) is 23.8 Å². The van der Waals surface area contributed by atoms with Gasteiger partial charge in [0, 0.05) is 5.69 Å². The summed E-state index contributed by atoms with van der Waals surface area (Å²) >= 11 is 3.88. The van der Waals surface area contributed by atoms with Gasteiger partial charge in [-0.15, -0.1) is 23.5 Å². The van der Waals surface area contributed by atoms with Crippen LogP contribution in [0.1, 0.15) is 29.4 Å². The zero-order valence-electron chi connectivity index (χ0n) is 13.3. The molecule has 4 nitrogen and oxygen atoms in total. The van der Waals surface area contributed by atoms with Gasteiger partial charge in [-0.25, -0.2) is 0 Å². The number of carbonyl (C=O) groups is 2. The van der Waals surface area contributed by atoms with Gasteiger partial charge in [-0.1, -0.05) is 24.3 Å². The van der Waals surface area contributed by atoms with Crippen molar-refractivity contribution in [3.63, 3.8) is 0 Å². The Bertz CT molecular complexity index is 641. The van der Waals surface area contributed by atoms with Crippen LogP contribution in [0.15, 0.2) is 36.4 Å². The normalized spacial score (nSPS) is 24.5. The van der Waals surface area contributed by atoms with Crippen LogP contribution in [-0.4, -0.2) is 28.5 Å². The number of carbonyl (C=O) groups excluding carboxylic acids is 1. The minimum Gasteiger partial charge on any atom is -0.481 e. The van der Waals surface area contributed by atoms with Crippen LogP contribution in [0, 0.1) is 11.8 Å². The SMILES string of the molecule is O=C(O)[C@@H]1CC=CC[C@H]1C(=O)Nc1cccc(C2SCCCS2)c1. The summed E-state index contributed by atoms with van der Waals surface area (Å²) in [6.07, 6.45) is 5.89. The van der Waals surface area contributed by atoms with Crippen molar-refractivity contribution in [1.82, 2.24) is 0 Å². The average molecular weight is 364 g/mol. The van der Waals surface area contributed by atoms with Crippen LogP contribution in [0.4, 0.5) is 5.69 Å². The number of nitrogens with one attached hydrogen (secondary N) is 1.